The van der Waals surface area contributed by atoms with Gasteiger partial charge < -0.3 is 0 Å². The summed E-state index contributed by atoms with van der Waals surface area (Å²) >= 11 is 6.60. The summed E-state index contributed by atoms with van der Waals surface area (Å²) in [5.41, 5.74) is -1.14. The first kappa shape index (κ1) is 15.6. The van der Waals surface area contributed by atoms with Crippen molar-refractivity contribution in [1.82, 2.24) is 4.98 Å². The van der Waals surface area contributed by atoms with Crippen LogP contribution in [-0.2, 0) is 6.18 Å². The average Bonchev–Trinajstić information content (AvgIpc) is 2.40. The van der Waals surface area contributed by atoms with Gasteiger partial charge in [-0.3, -0.25) is 10.1 Å². The number of nitro benzene ring substituents is 1. The van der Waals surface area contributed by atoms with Gasteiger partial charge in [0, 0.05) is 12.3 Å². The highest BCUT2D eigenvalue weighted by Crippen LogP contribution is 2.39. The number of para-hydroxylation sites is 1. The first-order chi connectivity index (χ1) is 9.79. The van der Waals surface area contributed by atoms with Crippen molar-refractivity contribution < 1.29 is 18.1 Å². The molecule has 0 bridgehead atoms. The molecule has 0 aliphatic heterocycles. The van der Waals surface area contributed by atoms with Crippen LogP contribution in [0.5, 0.6) is 0 Å². The smallest absolute Gasteiger partial charge is 0.258 e. The second kappa shape index (κ2) is 5.90. The number of halogens is 4. The van der Waals surface area contributed by atoms with E-state index in [2.05, 4.69) is 4.98 Å². The van der Waals surface area contributed by atoms with Gasteiger partial charge in [0.15, 0.2) is 0 Å². The van der Waals surface area contributed by atoms with E-state index >= 15 is 0 Å². The monoisotopic (exact) mass is 334 g/mol. The Morgan fingerprint density at radius 3 is 2.52 bits per heavy atom. The lowest BCUT2D eigenvalue weighted by molar-refractivity contribution is -0.387. The molecule has 21 heavy (non-hydrogen) atoms. The SMILES string of the molecule is O=[N+]([O-])c1ccccc1Sc1ncc(C(F)(F)F)cc1Cl. The Bertz CT molecular complexity index is 694. The van der Waals surface area contributed by atoms with E-state index in [-0.39, 0.29) is 20.6 Å². The Morgan fingerprint density at radius 1 is 1.29 bits per heavy atom. The maximum absolute atomic E-state index is 12.5. The van der Waals surface area contributed by atoms with Gasteiger partial charge in [0.1, 0.15) is 5.03 Å². The van der Waals surface area contributed by atoms with Gasteiger partial charge in [-0.1, -0.05) is 35.5 Å². The number of rotatable bonds is 3. The minimum Gasteiger partial charge on any atom is -0.258 e. The van der Waals surface area contributed by atoms with Gasteiger partial charge in [-0.25, -0.2) is 4.98 Å². The molecule has 0 aliphatic carbocycles. The molecule has 2 aromatic rings. The number of hydrogen-bond acceptors (Lipinski definition) is 4. The zero-order valence-corrected chi connectivity index (χ0v) is 11.7. The van der Waals surface area contributed by atoms with Crippen LogP contribution in [0.2, 0.25) is 5.02 Å². The molecule has 0 amide bonds. The van der Waals surface area contributed by atoms with Crippen LogP contribution in [0.15, 0.2) is 46.5 Å². The molecule has 0 fully saturated rings. The van der Waals surface area contributed by atoms with Gasteiger partial charge >= 0.3 is 6.18 Å². The molecular weight excluding hydrogens is 329 g/mol. The Morgan fingerprint density at radius 2 is 1.95 bits per heavy atom. The van der Waals surface area contributed by atoms with Crippen molar-refractivity contribution in [2.24, 2.45) is 0 Å². The summed E-state index contributed by atoms with van der Waals surface area (Å²) in [7, 11) is 0. The highest BCUT2D eigenvalue weighted by molar-refractivity contribution is 7.99. The zero-order chi connectivity index (χ0) is 15.6. The lowest BCUT2D eigenvalue weighted by Gasteiger charge is -2.08. The quantitative estimate of drug-likeness (QED) is 0.597. The molecule has 110 valence electrons. The summed E-state index contributed by atoms with van der Waals surface area (Å²) < 4.78 is 37.5. The minimum atomic E-state index is -4.54. The summed E-state index contributed by atoms with van der Waals surface area (Å²) in [6, 6.07) is 6.57. The van der Waals surface area contributed by atoms with E-state index in [1.165, 1.54) is 18.2 Å². The third-order valence-electron chi connectivity index (χ3n) is 2.40. The summed E-state index contributed by atoms with van der Waals surface area (Å²) in [4.78, 5) is 14.2. The molecule has 1 heterocycles. The first-order valence-electron chi connectivity index (χ1n) is 5.43. The molecule has 0 atom stereocenters. The minimum absolute atomic E-state index is 0.0685. The number of alkyl halides is 3. The first-order valence-corrected chi connectivity index (χ1v) is 6.62. The average molecular weight is 335 g/mol. The molecule has 9 heteroatoms. The lowest BCUT2D eigenvalue weighted by atomic mass is 10.3. The molecule has 0 spiro atoms. The highest BCUT2D eigenvalue weighted by Gasteiger charge is 2.31. The Hall–Kier alpha value is -1.80. The van der Waals surface area contributed by atoms with Gasteiger partial charge in [0.2, 0.25) is 0 Å². The maximum Gasteiger partial charge on any atom is 0.417 e. The predicted molar refractivity (Wildman–Crippen MR) is 71.5 cm³/mol. The van der Waals surface area contributed by atoms with E-state index in [9.17, 15) is 23.3 Å². The molecule has 0 saturated heterocycles. The van der Waals surface area contributed by atoms with Crippen LogP contribution in [0, 0.1) is 10.1 Å². The summed E-state index contributed by atoms with van der Waals surface area (Å²) in [6.45, 7) is 0. The summed E-state index contributed by atoms with van der Waals surface area (Å²) in [5.74, 6) is 0. The Kier molecular flexibility index (Phi) is 4.38. The van der Waals surface area contributed by atoms with Gasteiger partial charge in [-0.05, 0) is 12.1 Å². The molecule has 0 radical (unpaired) electrons. The van der Waals surface area contributed by atoms with E-state index in [0.29, 0.717) is 6.20 Å². The van der Waals surface area contributed by atoms with Crippen LogP contribution in [0.3, 0.4) is 0 Å². The number of pyridine rings is 1. The van der Waals surface area contributed by atoms with Crippen LogP contribution in [0.25, 0.3) is 0 Å². The molecule has 2 rings (SSSR count). The Labute approximate surface area is 126 Å². The highest BCUT2D eigenvalue weighted by atomic mass is 35.5. The molecule has 0 N–H and O–H groups in total. The third-order valence-corrected chi connectivity index (χ3v) is 3.89. The second-order valence-corrected chi connectivity index (χ2v) is 5.27. The number of aromatic nitrogens is 1. The lowest BCUT2D eigenvalue weighted by Crippen LogP contribution is -2.05. The molecule has 0 aliphatic rings. The van der Waals surface area contributed by atoms with Crippen LogP contribution in [-0.4, -0.2) is 9.91 Å². The molecule has 0 saturated carbocycles. The second-order valence-electron chi connectivity index (χ2n) is 3.84. The van der Waals surface area contributed by atoms with Crippen LogP contribution in [0.1, 0.15) is 5.56 Å². The van der Waals surface area contributed by atoms with Crippen molar-refractivity contribution >= 4 is 29.1 Å². The van der Waals surface area contributed by atoms with E-state index in [1.807, 2.05) is 0 Å². The van der Waals surface area contributed by atoms with Gasteiger partial charge in [0.05, 0.1) is 20.4 Å². The maximum atomic E-state index is 12.5. The molecular formula is C12H6ClF3N2O2S. The van der Waals surface area contributed by atoms with Crippen molar-refractivity contribution in [2.75, 3.05) is 0 Å². The largest absolute Gasteiger partial charge is 0.417 e. The van der Waals surface area contributed by atoms with Gasteiger partial charge in [-0.15, -0.1) is 0 Å². The molecule has 1 aromatic heterocycles. The fourth-order valence-electron chi connectivity index (χ4n) is 1.45. The van der Waals surface area contributed by atoms with E-state index in [1.54, 1.807) is 6.07 Å². The molecule has 0 unspecified atom stereocenters. The van der Waals surface area contributed by atoms with Crippen LogP contribution in [0.4, 0.5) is 18.9 Å². The van der Waals surface area contributed by atoms with Crippen molar-refractivity contribution in [2.45, 2.75) is 16.1 Å². The third kappa shape index (κ3) is 3.64. The molecule has 4 nitrogen and oxygen atoms in total. The van der Waals surface area contributed by atoms with Gasteiger partial charge in [0.25, 0.3) is 5.69 Å². The summed E-state index contributed by atoms with van der Waals surface area (Å²) in [5, 5.41) is 10.7. The summed E-state index contributed by atoms with van der Waals surface area (Å²) in [6.07, 6.45) is -3.90. The topological polar surface area (TPSA) is 56.0 Å². The van der Waals surface area contributed by atoms with Gasteiger partial charge in [-0.2, -0.15) is 13.2 Å². The van der Waals surface area contributed by atoms with Crippen molar-refractivity contribution in [3.05, 3.63) is 57.2 Å². The normalized spacial score (nSPS) is 11.4. The van der Waals surface area contributed by atoms with E-state index < -0.39 is 16.7 Å². The van der Waals surface area contributed by atoms with E-state index in [4.69, 9.17) is 11.6 Å². The number of nitrogens with zero attached hydrogens (tertiary/aromatic N) is 2. The number of hydrogen-bond donors (Lipinski definition) is 0. The van der Waals surface area contributed by atoms with Crippen molar-refractivity contribution in [3.8, 4) is 0 Å². The van der Waals surface area contributed by atoms with Crippen LogP contribution < -0.4 is 0 Å². The standard InChI is InChI=1S/C12H6ClF3N2O2S/c13-8-5-7(12(14,15)16)6-17-11(8)21-10-4-2-1-3-9(10)18(19)20/h1-6H. The van der Waals surface area contributed by atoms with E-state index in [0.717, 1.165) is 17.8 Å². The van der Waals surface area contributed by atoms with Crippen molar-refractivity contribution in [3.63, 3.8) is 0 Å². The predicted octanol–water partition coefficient (Wildman–Crippen LogP) is 4.81. The van der Waals surface area contributed by atoms with Crippen LogP contribution >= 0.6 is 23.4 Å². The number of nitro groups is 1. The zero-order valence-electron chi connectivity index (χ0n) is 10.1. The Balaban J connectivity index is 2.35. The number of benzene rings is 1. The van der Waals surface area contributed by atoms with Crippen molar-refractivity contribution in [1.29, 1.82) is 0 Å². The molecule has 1 aromatic carbocycles. The fourth-order valence-corrected chi connectivity index (χ4v) is 2.60. The fraction of sp³-hybridized carbons (Fsp3) is 0.0833.